The van der Waals surface area contributed by atoms with Crippen molar-refractivity contribution in [2.24, 2.45) is 5.92 Å². The van der Waals surface area contributed by atoms with Crippen molar-refractivity contribution in [2.45, 2.75) is 25.8 Å². The fourth-order valence-electron chi connectivity index (χ4n) is 2.34. The zero-order valence-electron chi connectivity index (χ0n) is 10.8. The van der Waals surface area contributed by atoms with Crippen molar-refractivity contribution < 1.29 is 9.47 Å². The quantitative estimate of drug-likeness (QED) is 0.822. The van der Waals surface area contributed by atoms with E-state index in [1.807, 2.05) is 18.2 Å². The van der Waals surface area contributed by atoms with Gasteiger partial charge in [0.05, 0.1) is 19.8 Å². The lowest BCUT2D eigenvalue weighted by molar-refractivity contribution is 0.363. The van der Waals surface area contributed by atoms with E-state index in [1.165, 1.54) is 18.4 Å². The van der Waals surface area contributed by atoms with Gasteiger partial charge in [0.2, 0.25) is 0 Å². The number of rotatable bonds is 6. The second-order valence-electron chi connectivity index (χ2n) is 4.45. The van der Waals surface area contributed by atoms with Crippen LogP contribution in [0.1, 0.15) is 31.4 Å². The van der Waals surface area contributed by atoms with Crippen molar-refractivity contribution in [3.63, 3.8) is 0 Å². The molecule has 17 heavy (non-hydrogen) atoms. The van der Waals surface area contributed by atoms with Crippen molar-refractivity contribution >= 4 is 0 Å². The Morgan fingerprint density at radius 1 is 1.24 bits per heavy atom. The highest BCUT2D eigenvalue weighted by Gasteiger charge is 2.35. The van der Waals surface area contributed by atoms with E-state index in [4.69, 9.17) is 9.47 Å². The van der Waals surface area contributed by atoms with Crippen molar-refractivity contribution in [1.82, 2.24) is 5.32 Å². The Balaban J connectivity index is 2.38. The number of methoxy groups -OCH3 is 2. The largest absolute Gasteiger partial charge is 0.496 e. The highest BCUT2D eigenvalue weighted by atomic mass is 16.5. The van der Waals surface area contributed by atoms with Crippen LogP contribution in [0.3, 0.4) is 0 Å². The van der Waals surface area contributed by atoms with Crippen LogP contribution in [-0.4, -0.2) is 20.8 Å². The first-order chi connectivity index (χ1) is 8.31. The van der Waals surface area contributed by atoms with E-state index in [2.05, 4.69) is 12.2 Å². The lowest BCUT2D eigenvalue weighted by Crippen LogP contribution is -2.23. The average Bonchev–Trinajstić information content (AvgIpc) is 3.19. The van der Waals surface area contributed by atoms with Gasteiger partial charge in [0.15, 0.2) is 0 Å². The van der Waals surface area contributed by atoms with Crippen molar-refractivity contribution in [1.29, 1.82) is 0 Å². The van der Waals surface area contributed by atoms with E-state index in [-0.39, 0.29) is 0 Å². The van der Waals surface area contributed by atoms with Crippen molar-refractivity contribution in [3.05, 3.63) is 23.8 Å². The van der Waals surface area contributed by atoms with Crippen LogP contribution in [0.25, 0.3) is 0 Å². The lowest BCUT2D eigenvalue weighted by Gasteiger charge is -2.22. The number of nitrogens with one attached hydrogen (secondary N) is 1. The second-order valence-corrected chi connectivity index (χ2v) is 4.45. The van der Waals surface area contributed by atoms with Gasteiger partial charge in [-0.15, -0.1) is 0 Å². The molecule has 3 nitrogen and oxygen atoms in total. The molecule has 94 valence electrons. The monoisotopic (exact) mass is 235 g/mol. The number of hydrogen-bond donors (Lipinski definition) is 1. The number of hydrogen-bond acceptors (Lipinski definition) is 3. The van der Waals surface area contributed by atoms with Gasteiger partial charge < -0.3 is 14.8 Å². The molecule has 1 fully saturated rings. The molecule has 0 aliphatic heterocycles. The van der Waals surface area contributed by atoms with E-state index < -0.39 is 0 Å². The molecule has 1 saturated carbocycles. The number of ether oxygens (including phenoxy) is 2. The summed E-state index contributed by atoms with van der Waals surface area (Å²) < 4.78 is 10.9. The lowest BCUT2D eigenvalue weighted by atomic mass is 10.00. The van der Waals surface area contributed by atoms with Gasteiger partial charge in [-0.3, -0.25) is 0 Å². The summed E-state index contributed by atoms with van der Waals surface area (Å²) in [6.07, 6.45) is 2.58. The fraction of sp³-hybridized carbons (Fsp3) is 0.571. The van der Waals surface area contributed by atoms with Gasteiger partial charge in [0.1, 0.15) is 11.5 Å². The van der Waals surface area contributed by atoms with Gasteiger partial charge in [0.25, 0.3) is 0 Å². The minimum Gasteiger partial charge on any atom is -0.496 e. The first kappa shape index (κ1) is 12.2. The van der Waals surface area contributed by atoms with Crippen LogP contribution in [0, 0.1) is 5.92 Å². The maximum atomic E-state index is 5.47. The first-order valence-electron chi connectivity index (χ1n) is 6.26. The Morgan fingerprint density at radius 3 is 2.24 bits per heavy atom. The third-order valence-electron chi connectivity index (χ3n) is 3.29. The molecule has 0 spiro atoms. The standard InChI is InChI=1S/C14H21NO2/c1-4-15-14(10-8-9-10)13-11(16-2)6-5-7-12(13)17-3/h5-7,10,14-15H,4,8-9H2,1-3H3. The smallest absolute Gasteiger partial charge is 0.127 e. The Hall–Kier alpha value is -1.22. The summed E-state index contributed by atoms with van der Waals surface area (Å²) in [6.45, 7) is 3.10. The normalized spacial score (nSPS) is 16.6. The molecule has 1 aliphatic carbocycles. The van der Waals surface area contributed by atoms with Gasteiger partial charge in [0, 0.05) is 6.04 Å². The van der Waals surface area contributed by atoms with E-state index in [1.54, 1.807) is 14.2 Å². The van der Waals surface area contributed by atoms with Crippen LogP contribution in [0.2, 0.25) is 0 Å². The topological polar surface area (TPSA) is 30.5 Å². The maximum Gasteiger partial charge on any atom is 0.127 e. The average molecular weight is 235 g/mol. The van der Waals surface area contributed by atoms with Gasteiger partial charge in [-0.25, -0.2) is 0 Å². The molecule has 0 amide bonds. The fourth-order valence-corrected chi connectivity index (χ4v) is 2.34. The van der Waals surface area contributed by atoms with E-state index >= 15 is 0 Å². The molecule has 1 atom stereocenters. The molecule has 2 rings (SSSR count). The van der Waals surface area contributed by atoms with Crippen molar-refractivity contribution in [2.75, 3.05) is 20.8 Å². The molecule has 1 aromatic carbocycles. The molecule has 1 N–H and O–H groups in total. The molecule has 0 saturated heterocycles. The summed E-state index contributed by atoms with van der Waals surface area (Å²) in [7, 11) is 3.43. The molecule has 0 aromatic heterocycles. The zero-order chi connectivity index (χ0) is 12.3. The summed E-state index contributed by atoms with van der Waals surface area (Å²) in [5.41, 5.74) is 1.17. The van der Waals surface area contributed by atoms with Crippen LogP contribution < -0.4 is 14.8 Å². The number of benzene rings is 1. The van der Waals surface area contributed by atoms with Gasteiger partial charge >= 0.3 is 0 Å². The molecule has 0 bridgehead atoms. The SMILES string of the molecule is CCNC(c1c(OC)cccc1OC)C1CC1. The van der Waals surface area contributed by atoms with E-state index in [9.17, 15) is 0 Å². The Labute approximate surface area is 103 Å². The summed E-state index contributed by atoms with van der Waals surface area (Å²) in [5, 5.41) is 3.55. The zero-order valence-corrected chi connectivity index (χ0v) is 10.8. The van der Waals surface area contributed by atoms with Crippen LogP contribution in [0.5, 0.6) is 11.5 Å². The maximum absolute atomic E-state index is 5.47. The molecular weight excluding hydrogens is 214 g/mol. The van der Waals surface area contributed by atoms with E-state index in [0.29, 0.717) is 6.04 Å². The Morgan fingerprint density at radius 2 is 1.82 bits per heavy atom. The highest BCUT2D eigenvalue weighted by Crippen LogP contribution is 2.46. The Kier molecular flexibility index (Phi) is 3.89. The Bertz CT molecular complexity index is 352. The van der Waals surface area contributed by atoms with Crippen LogP contribution >= 0.6 is 0 Å². The van der Waals surface area contributed by atoms with Gasteiger partial charge in [-0.1, -0.05) is 13.0 Å². The molecule has 1 unspecified atom stereocenters. The van der Waals surface area contributed by atoms with E-state index in [0.717, 1.165) is 24.0 Å². The van der Waals surface area contributed by atoms with Crippen molar-refractivity contribution in [3.8, 4) is 11.5 Å². The molecular formula is C14H21NO2. The summed E-state index contributed by atoms with van der Waals surface area (Å²) in [5.74, 6) is 2.56. The first-order valence-corrected chi connectivity index (χ1v) is 6.26. The van der Waals surface area contributed by atoms with Gasteiger partial charge in [-0.2, -0.15) is 0 Å². The highest BCUT2D eigenvalue weighted by molar-refractivity contribution is 5.47. The van der Waals surface area contributed by atoms with Crippen LogP contribution in [-0.2, 0) is 0 Å². The summed E-state index contributed by atoms with van der Waals surface area (Å²) in [6, 6.07) is 6.33. The minimum atomic E-state index is 0.353. The third-order valence-corrected chi connectivity index (χ3v) is 3.29. The van der Waals surface area contributed by atoms with Crippen LogP contribution in [0.4, 0.5) is 0 Å². The molecule has 1 aliphatic rings. The third kappa shape index (κ3) is 2.55. The van der Waals surface area contributed by atoms with Gasteiger partial charge in [-0.05, 0) is 37.4 Å². The van der Waals surface area contributed by atoms with Crippen LogP contribution in [0.15, 0.2) is 18.2 Å². The second kappa shape index (κ2) is 5.41. The predicted octanol–water partition coefficient (Wildman–Crippen LogP) is 2.76. The predicted molar refractivity (Wildman–Crippen MR) is 68.7 cm³/mol. The molecule has 0 radical (unpaired) electrons. The molecule has 0 heterocycles. The summed E-state index contributed by atoms with van der Waals surface area (Å²) >= 11 is 0. The molecule has 1 aromatic rings. The minimum absolute atomic E-state index is 0.353. The molecule has 3 heteroatoms. The summed E-state index contributed by atoms with van der Waals surface area (Å²) in [4.78, 5) is 0.